The van der Waals surface area contributed by atoms with Gasteiger partial charge in [0.25, 0.3) is 0 Å². The standard InChI is InChI=1S/C6H16N.C5H13N/c1-5-6-7(2,3)4;1-4-5-6(2)3/h5-6H2,1-4H3;4-5H2,1-3H3/q+1;. The van der Waals surface area contributed by atoms with E-state index >= 15 is 0 Å². The number of quaternary nitrogens is 1. The molecule has 0 aliphatic rings. The van der Waals surface area contributed by atoms with Crippen molar-refractivity contribution in [3.8, 4) is 0 Å². The highest BCUT2D eigenvalue weighted by Gasteiger charge is 2.01. The van der Waals surface area contributed by atoms with Crippen LogP contribution in [-0.4, -0.2) is 57.7 Å². The van der Waals surface area contributed by atoms with Gasteiger partial charge in [-0.05, 0) is 33.5 Å². The average Bonchev–Trinajstić information content (AvgIpc) is 1.84. The second-order valence-corrected chi connectivity index (χ2v) is 4.82. The summed E-state index contributed by atoms with van der Waals surface area (Å²) in [4.78, 5) is 2.18. The van der Waals surface area contributed by atoms with Gasteiger partial charge in [0.15, 0.2) is 0 Å². The molecule has 0 atom stereocenters. The second-order valence-electron chi connectivity index (χ2n) is 4.82. The van der Waals surface area contributed by atoms with Gasteiger partial charge in [0.05, 0.1) is 27.7 Å². The van der Waals surface area contributed by atoms with Crippen molar-refractivity contribution >= 4 is 0 Å². The number of hydrogen-bond donors (Lipinski definition) is 0. The molecule has 0 rings (SSSR count). The molecule has 0 aliphatic carbocycles. The number of hydrogen-bond acceptors (Lipinski definition) is 1. The molecule has 2 heteroatoms. The van der Waals surface area contributed by atoms with Crippen molar-refractivity contribution in [3.63, 3.8) is 0 Å². The van der Waals surface area contributed by atoms with Crippen LogP contribution < -0.4 is 0 Å². The van der Waals surface area contributed by atoms with Crippen molar-refractivity contribution < 1.29 is 4.48 Å². The molecule has 0 spiro atoms. The first kappa shape index (κ1) is 15.4. The van der Waals surface area contributed by atoms with Gasteiger partial charge in [-0.2, -0.15) is 0 Å². The van der Waals surface area contributed by atoms with Crippen molar-refractivity contribution in [1.82, 2.24) is 4.90 Å². The molecule has 0 N–H and O–H groups in total. The molecule has 82 valence electrons. The van der Waals surface area contributed by atoms with Crippen LogP contribution >= 0.6 is 0 Å². The van der Waals surface area contributed by atoms with E-state index in [1.807, 2.05) is 0 Å². The number of nitrogens with zero attached hydrogens (tertiary/aromatic N) is 2. The lowest BCUT2D eigenvalue weighted by Crippen LogP contribution is -2.34. The van der Waals surface area contributed by atoms with Gasteiger partial charge in [-0.25, -0.2) is 0 Å². The maximum Gasteiger partial charge on any atom is 0.0777 e. The Morgan fingerprint density at radius 1 is 0.923 bits per heavy atom. The van der Waals surface area contributed by atoms with Crippen molar-refractivity contribution in [2.75, 3.05) is 48.3 Å². The van der Waals surface area contributed by atoms with Crippen LogP contribution in [-0.2, 0) is 0 Å². The third kappa shape index (κ3) is 24.5. The van der Waals surface area contributed by atoms with Gasteiger partial charge in [-0.3, -0.25) is 0 Å². The molecule has 0 amide bonds. The molecule has 0 saturated carbocycles. The van der Waals surface area contributed by atoms with E-state index in [0.29, 0.717) is 0 Å². The fourth-order valence-corrected chi connectivity index (χ4v) is 1.12. The van der Waals surface area contributed by atoms with Crippen LogP contribution in [0.1, 0.15) is 26.7 Å². The Kier molecular flexibility index (Phi) is 10.1. The minimum atomic E-state index is 1.09. The van der Waals surface area contributed by atoms with Crippen LogP contribution in [0.5, 0.6) is 0 Å². The summed E-state index contributed by atoms with van der Waals surface area (Å²) in [6, 6.07) is 0. The summed E-state index contributed by atoms with van der Waals surface area (Å²) < 4.78 is 1.09. The van der Waals surface area contributed by atoms with Crippen LogP contribution in [0.4, 0.5) is 0 Å². The molecule has 0 fully saturated rings. The lowest BCUT2D eigenvalue weighted by molar-refractivity contribution is -0.870. The quantitative estimate of drug-likeness (QED) is 0.612. The summed E-state index contributed by atoms with van der Waals surface area (Å²) in [5, 5.41) is 0. The summed E-state index contributed by atoms with van der Waals surface area (Å²) in [5.41, 5.74) is 0. The largest absolute Gasteiger partial charge is 0.331 e. The first-order valence-electron chi connectivity index (χ1n) is 5.28. The Balaban J connectivity index is 0. The van der Waals surface area contributed by atoms with Gasteiger partial charge >= 0.3 is 0 Å². The fourth-order valence-electron chi connectivity index (χ4n) is 1.12. The lowest BCUT2D eigenvalue weighted by Gasteiger charge is -2.22. The predicted molar refractivity (Wildman–Crippen MR) is 62.0 cm³/mol. The molecule has 0 bridgehead atoms. The minimum Gasteiger partial charge on any atom is -0.331 e. The van der Waals surface area contributed by atoms with Crippen LogP contribution in [0.2, 0.25) is 0 Å². The van der Waals surface area contributed by atoms with E-state index in [1.54, 1.807) is 0 Å². The van der Waals surface area contributed by atoms with E-state index in [9.17, 15) is 0 Å². The highest BCUT2D eigenvalue weighted by molar-refractivity contribution is 4.34. The van der Waals surface area contributed by atoms with E-state index in [1.165, 1.54) is 25.9 Å². The van der Waals surface area contributed by atoms with Gasteiger partial charge in [0, 0.05) is 0 Å². The minimum absolute atomic E-state index is 1.09. The monoisotopic (exact) mass is 189 g/mol. The Morgan fingerprint density at radius 3 is 1.38 bits per heavy atom. The van der Waals surface area contributed by atoms with E-state index in [2.05, 4.69) is 54.0 Å². The fraction of sp³-hybridized carbons (Fsp3) is 1.00. The maximum atomic E-state index is 2.21. The van der Waals surface area contributed by atoms with Gasteiger partial charge in [-0.15, -0.1) is 0 Å². The van der Waals surface area contributed by atoms with E-state index in [-0.39, 0.29) is 0 Å². The van der Waals surface area contributed by atoms with Crippen LogP contribution in [0.25, 0.3) is 0 Å². The van der Waals surface area contributed by atoms with E-state index in [0.717, 1.165) is 4.48 Å². The molecule has 0 aromatic rings. The van der Waals surface area contributed by atoms with E-state index in [4.69, 9.17) is 0 Å². The smallest absolute Gasteiger partial charge is 0.0777 e. The SMILES string of the molecule is CCCN(C)C.CCC[N+](C)(C)C. The molecule has 0 aromatic carbocycles. The van der Waals surface area contributed by atoms with Crippen molar-refractivity contribution in [2.45, 2.75) is 26.7 Å². The van der Waals surface area contributed by atoms with Crippen molar-refractivity contribution in [1.29, 1.82) is 0 Å². The van der Waals surface area contributed by atoms with Crippen molar-refractivity contribution in [2.24, 2.45) is 0 Å². The highest BCUT2D eigenvalue weighted by atomic mass is 15.3. The van der Waals surface area contributed by atoms with Crippen LogP contribution in [0.3, 0.4) is 0 Å². The molecular formula is C11H29N2+. The predicted octanol–water partition coefficient (Wildman–Crippen LogP) is 2.06. The first-order chi connectivity index (χ1) is 5.83. The van der Waals surface area contributed by atoms with Gasteiger partial charge in [0.1, 0.15) is 0 Å². The molecule has 0 aliphatic heterocycles. The topological polar surface area (TPSA) is 3.24 Å². The number of rotatable bonds is 4. The summed E-state index contributed by atoms with van der Waals surface area (Å²) in [5.74, 6) is 0. The van der Waals surface area contributed by atoms with Gasteiger partial charge in [-0.1, -0.05) is 13.8 Å². The second kappa shape index (κ2) is 8.52. The zero-order valence-corrected chi connectivity index (χ0v) is 10.7. The average molecular weight is 189 g/mol. The lowest BCUT2D eigenvalue weighted by atomic mass is 10.4. The Bertz CT molecular complexity index is 92.8. The zero-order valence-electron chi connectivity index (χ0n) is 10.7. The summed E-state index contributed by atoms with van der Waals surface area (Å²) in [7, 11) is 10.8. The highest BCUT2D eigenvalue weighted by Crippen LogP contribution is 1.90. The van der Waals surface area contributed by atoms with Crippen LogP contribution in [0.15, 0.2) is 0 Å². The third-order valence-corrected chi connectivity index (χ3v) is 1.57. The first-order valence-corrected chi connectivity index (χ1v) is 5.28. The maximum absolute atomic E-state index is 2.21. The molecule has 13 heavy (non-hydrogen) atoms. The zero-order chi connectivity index (χ0) is 10.9. The van der Waals surface area contributed by atoms with Gasteiger partial charge < -0.3 is 9.38 Å². The molecule has 0 unspecified atom stereocenters. The van der Waals surface area contributed by atoms with Gasteiger partial charge in [0.2, 0.25) is 0 Å². The molecule has 0 saturated heterocycles. The summed E-state index contributed by atoms with van der Waals surface area (Å²) >= 11 is 0. The molecule has 0 aromatic heterocycles. The third-order valence-electron chi connectivity index (χ3n) is 1.57. The normalized spacial score (nSPS) is 11.1. The van der Waals surface area contributed by atoms with Crippen molar-refractivity contribution in [3.05, 3.63) is 0 Å². The molecule has 0 heterocycles. The summed E-state index contributed by atoms with van der Waals surface area (Å²) in [6.45, 7) is 6.88. The Labute approximate surface area is 85.1 Å². The molecular weight excluding hydrogens is 160 g/mol. The van der Waals surface area contributed by atoms with E-state index < -0.39 is 0 Å². The molecule has 2 nitrogen and oxygen atoms in total. The van der Waals surface area contributed by atoms with Crippen LogP contribution in [0, 0.1) is 0 Å². The summed E-state index contributed by atoms with van der Waals surface area (Å²) in [6.07, 6.45) is 2.54. The Morgan fingerprint density at radius 2 is 1.38 bits per heavy atom. The molecule has 0 radical (unpaired) electrons. The Hall–Kier alpha value is -0.0800.